The Hall–Kier alpha value is -2.64. The fourth-order valence-corrected chi connectivity index (χ4v) is 3.13. The maximum atomic E-state index is 12.7. The SMILES string of the molecule is CC(C)[C@@H](CC(=O)c1cc(=O)[nH]c(C2CC2)n1)c1ccc(OC(F)(F)F)cc1. The van der Waals surface area contributed by atoms with Crippen LogP contribution in [0.2, 0.25) is 0 Å². The van der Waals surface area contributed by atoms with Gasteiger partial charge in [-0.2, -0.15) is 0 Å². The molecular formula is C20H21F3N2O3. The number of hydrogen-bond donors (Lipinski definition) is 1. The van der Waals surface area contributed by atoms with Crippen LogP contribution in [0.15, 0.2) is 35.1 Å². The Morgan fingerprint density at radius 3 is 2.43 bits per heavy atom. The van der Waals surface area contributed by atoms with Crippen LogP contribution in [-0.2, 0) is 0 Å². The third-order valence-electron chi connectivity index (χ3n) is 4.76. The minimum atomic E-state index is -4.75. The van der Waals surface area contributed by atoms with Gasteiger partial charge in [0, 0.05) is 18.4 Å². The maximum Gasteiger partial charge on any atom is 0.573 e. The monoisotopic (exact) mass is 394 g/mol. The highest BCUT2D eigenvalue weighted by Crippen LogP contribution is 2.37. The highest BCUT2D eigenvalue weighted by Gasteiger charge is 2.31. The van der Waals surface area contributed by atoms with Gasteiger partial charge in [0.2, 0.25) is 0 Å². The fraction of sp³-hybridized carbons (Fsp3) is 0.450. The van der Waals surface area contributed by atoms with Crippen LogP contribution >= 0.6 is 0 Å². The molecule has 3 rings (SSSR count). The average Bonchev–Trinajstić information content (AvgIpc) is 3.43. The van der Waals surface area contributed by atoms with Crippen molar-refractivity contribution in [1.29, 1.82) is 0 Å². The van der Waals surface area contributed by atoms with Gasteiger partial charge in [0.1, 0.15) is 17.3 Å². The van der Waals surface area contributed by atoms with Crippen LogP contribution in [-0.4, -0.2) is 22.1 Å². The number of ketones is 1. The largest absolute Gasteiger partial charge is 0.573 e. The first kappa shape index (κ1) is 20.1. The van der Waals surface area contributed by atoms with Gasteiger partial charge >= 0.3 is 6.36 Å². The van der Waals surface area contributed by atoms with Crippen LogP contribution < -0.4 is 10.3 Å². The first-order valence-electron chi connectivity index (χ1n) is 9.12. The van der Waals surface area contributed by atoms with Crippen LogP contribution in [0.1, 0.15) is 66.8 Å². The smallest absolute Gasteiger partial charge is 0.406 e. The fourth-order valence-electron chi connectivity index (χ4n) is 3.13. The number of hydrogen-bond acceptors (Lipinski definition) is 4. The van der Waals surface area contributed by atoms with Crippen LogP contribution in [0.3, 0.4) is 0 Å². The molecule has 1 aromatic heterocycles. The Kier molecular flexibility index (Phi) is 5.58. The predicted octanol–water partition coefficient (Wildman–Crippen LogP) is 4.56. The minimum absolute atomic E-state index is 0.0585. The summed E-state index contributed by atoms with van der Waals surface area (Å²) in [5, 5.41) is 0. The highest BCUT2D eigenvalue weighted by molar-refractivity contribution is 5.94. The number of carbonyl (C=O) groups excluding carboxylic acids is 1. The molecule has 1 aliphatic carbocycles. The summed E-state index contributed by atoms with van der Waals surface area (Å²) in [4.78, 5) is 31.6. The van der Waals surface area contributed by atoms with Crippen molar-refractivity contribution in [3.8, 4) is 5.75 Å². The number of aromatic amines is 1. The molecule has 0 bridgehead atoms. The van der Waals surface area contributed by atoms with Gasteiger partial charge in [-0.1, -0.05) is 26.0 Å². The van der Waals surface area contributed by atoms with Crippen molar-refractivity contribution < 1.29 is 22.7 Å². The topological polar surface area (TPSA) is 72.0 Å². The van der Waals surface area contributed by atoms with Crippen LogP contribution in [0.5, 0.6) is 5.75 Å². The van der Waals surface area contributed by atoms with Gasteiger partial charge < -0.3 is 9.72 Å². The molecule has 1 saturated carbocycles. The molecule has 5 nitrogen and oxygen atoms in total. The summed E-state index contributed by atoms with van der Waals surface area (Å²) in [5.74, 6) is 0.0204. The van der Waals surface area contributed by atoms with E-state index in [0.717, 1.165) is 18.4 Å². The van der Waals surface area contributed by atoms with Crippen molar-refractivity contribution in [2.45, 2.75) is 51.3 Å². The van der Waals surface area contributed by atoms with E-state index >= 15 is 0 Å². The Labute approximate surface area is 160 Å². The third-order valence-corrected chi connectivity index (χ3v) is 4.76. The molecule has 0 unspecified atom stereocenters. The number of halogens is 3. The van der Waals surface area contributed by atoms with Gasteiger partial charge in [-0.3, -0.25) is 9.59 Å². The summed E-state index contributed by atoms with van der Waals surface area (Å²) in [6.07, 6.45) is -2.75. The lowest BCUT2D eigenvalue weighted by molar-refractivity contribution is -0.274. The maximum absolute atomic E-state index is 12.7. The Morgan fingerprint density at radius 2 is 1.89 bits per heavy atom. The van der Waals surface area contributed by atoms with E-state index in [-0.39, 0.29) is 47.0 Å². The van der Waals surface area contributed by atoms with E-state index in [1.165, 1.54) is 30.3 Å². The number of Topliss-reactive ketones (excluding diaryl/α,β-unsaturated/α-hetero) is 1. The lowest BCUT2D eigenvalue weighted by Gasteiger charge is -2.21. The molecule has 1 aromatic carbocycles. The van der Waals surface area contributed by atoms with Crippen molar-refractivity contribution >= 4 is 5.78 Å². The zero-order chi connectivity index (χ0) is 20.5. The number of aromatic nitrogens is 2. The summed E-state index contributed by atoms with van der Waals surface area (Å²) in [6.45, 7) is 3.86. The molecule has 1 fully saturated rings. The zero-order valence-corrected chi connectivity index (χ0v) is 15.5. The summed E-state index contributed by atoms with van der Waals surface area (Å²) < 4.78 is 40.8. The molecule has 0 amide bonds. The van der Waals surface area contributed by atoms with Gasteiger partial charge in [-0.05, 0) is 42.4 Å². The molecule has 150 valence electrons. The molecular weight excluding hydrogens is 373 g/mol. The van der Waals surface area contributed by atoms with E-state index in [1.807, 2.05) is 13.8 Å². The molecule has 28 heavy (non-hydrogen) atoms. The highest BCUT2D eigenvalue weighted by atomic mass is 19.4. The number of rotatable bonds is 7. The van der Waals surface area contributed by atoms with Gasteiger partial charge in [0.15, 0.2) is 5.78 Å². The number of H-pyrrole nitrogens is 1. The summed E-state index contributed by atoms with van der Waals surface area (Å²) >= 11 is 0. The van der Waals surface area contributed by atoms with Crippen molar-refractivity contribution in [3.63, 3.8) is 0 Å². The second-order valence-electron chi connectivity index (χ2n) is 7.38. The van der Waals surface area contributed by atoms with E-state index in [1.54, 1.807) is 0 Å². The van der Waals surface area contributed by atoms with Crippen molar-refractivity contribution in [2.24, 2.45) is 5.92 Å². The standard InChI is InChI=1S/C20H21F3N2O3/c1-11(2)15(12-5-7-14(8-6-12)28-20(21,22)23)9-17(26)16-10-18(27)25-19(24-16)13-3-4-13/h5-8,10-11,13,15H,3-4,9H2,1-2H3,(H,24,25,27)/t15-/m1/s1. The van der Waals surface area contributed by atoms with E-state index in [4.69, 9.17) is 0 Å². The third kappa shape index (κ3) is 5.21. The van der Waals surface area contributed by atoms with Crippen LogP contribution in [0.4, 0.5) is 13.2 Å². The minimum Gasteiger partial charge on any atom is -0.406 e. The number of carbonyl (C=O) groups is 1. The number of benzene rings is 1. The normalized spacial score (nSPS) is 15.5. The van der Waals surface area contributed by atoms with E-state index in [0.29, 0.717) is 5.82 Å². The number of nitrogens with one attached hydrogen (secondary N) is 1. The molecule has 0 saturated heterocycles. The summed E-state index contributed by atoms with van der Waals surface area (Å²) in [7, 11) is 0. The zero-order valence-electron chi connectivity index (χ0n) is 15.5. The van der Waals surface area contributed by atoms with Gasteiger partial charge in [-0.15, -0.1) is 13.2 Å². The van der Waals surface area contributed by atoms with Crippen molar-refractivity contribution in [1.82, 2.24) is 9.97 Å². The number of ether oxygens (including phenoxy) is 1. The second-order valence-corrected chi connectivity index (χ2v) is 7.38. The van der Waals surface area contributed by atoms with Gasteiger partial charge in [0.05, 0.1) is 0 Å². The van der Waals surface area contributed by atoms with Crippen molar-refractivity contribution in [2.75, 3.05) is 0 Å². The predicted molar refractivity (Wildman–Crippen MR) is 96.5 cm³/mol. The molecule has 1 heterocycles. The first-order chi connectivity index (χ1) is 13.1. The van der Waals surface area contributed by atoms with Gasteiger partial charge in [-0.25, -0.2) is 4.98 Å². The van der Waals surface area contributed by atoms with E-state index in [9.17, 15) is 22.8 Å². The number of alkyl halides is 3. The second kappa shape index (κ2) is 7.77. The molecule has 1 N–H and O–H groups in total. The lowest BCUT2D eigenvalue weighted by atomic mass is 9.84. The summed E-state index contributed by atoms with van der Waals surface area (Å²) in [5.41, 5.74) is 0.508. The molecule has 0 spiro atoms. The Morgan fingerprint density at radius 1 is 1.25 bits per heavy atom. The number of nitrogens with zero attached hydrogens (tertiary/aromatic N) is 1. The Bertz CT molecular complexity index is 900. The van der Waals surface area contributed by atoms with Crippen molar-refractivity contribution in [3.05, 3.63) is 57.8 Å². The molecule has 1 atom stereocenters. The first-order valence-corrected chi connectivity index (χ1v) is 9.12. The average molecular weight is 394 g/mol. The Balaban J connectivity index is 1.78. The lowest BCUT2D eigenvalue weighted by Crippen LogP contribution is -2.19. The van der Waals surface area contributed by atoms with Crippen LogP contribution in [0, 0.1) is 5.92 Å². The quantitative estimate of drug-likeness (QED) is 0.699. The van der Waals surface area contributed by atoms with E-state index < -0.39 is 6.36 Å². The van der Waals surface area contributed by atoms with Crippen LogP contribution in [0.25, 0.3) is 0 Å². The molecule has 0 aliphatic heterocycles. The van der Waals surface area contributed by atoms with Gasteiger partial charge in [0.25, 0.3) is 5.56 Å². The molecule has 0 radical (unpaired) electrons. The molecule has 1 aliphatic rings. The molecule has 8 heteroatoms. The molecule has 2 aromatic rings. The van der Waals surface area contributed by atoms with E-state index in [2.05, 4.69) is 14.7 Å². The summed E-state index contributed by atoms with van der Waals surface area (Å²) in [6, 6.07) is 6.73.